The van der Waals surface area contributed by atoms with Crippen molar-refractivity contribution in [2.45, 2.75) is 30.9 Å². The predicted octanol–water partition coefficient (Wildman–Crippen LogP) is 2.95. The second-order valence-corrected chi connectivity index (χ2v) is 10.6. The summed E-state index contributed by atoms with van der Waals surface area (Å²) in [7, 11) is 0.348. The van der Waals surface area contributed by atoms with E-state index in [1.54, 1.807) is 29.8 Å². The number of methoxy groups -OCH3 is 1. The molecular formula is C18H25N3O3S2. The molecule has 0 radical (unpaired) electrons. The van der Waals surface area contributed by atoms with Crippen molar-refractivity contribution in [1.82, 2.24) is 9.29 Å². The van der Waals surface area contributed by atoms with E-state index in [0.29, 0.717) is 12.5 Å². The van der Waals surface area contributed by atoms with Gasteiger partial charge in [-0.15, -0.1) is 0 Å². The molecule has 8 heteroatoms. The Kier molecular flexibility index (Phi) is 4.83. The number of thiazole rings is 1. The molecule has 1 aliphatic carbocycles. The Morgan fingerprint density at radius 2 is 2.00 bits per heavy atom. The van der Waals surface area contributed by atoms with Crippen LogP contribution in [0.3, 0.4) is 0 Å². The first-order valence-corrected chi connectivity index (χ1v) is 11.4. The van der Waals surface area contributed by atoms with Crippen molar-refractivity contribution in [2.75, 3.05) is 38.7 Å². The van der Waals surface area contributed by atoms with E-state index < -0.39 is 10.0 Å². The van der Waals surface area contributed by atoms with E-state index in [0.717, 1.165) is 59.9 Å². The lowest BCUT2D eigenvalue weighted by molar-refractivity contribution is 0.327. The standard InChI is InChI=1S/C18H25N3O3S2/c1-20(26(22,23)14-6-7-14)12-13-8-10-21(11-9-13)18-19-17-15(24-2)4-3-5-16(17)25-18/h3-5,13-14H,6-12H2,1-2H3. The normalized spacial score (nSPS) is 19.4. The summed E-state index contributed by atoms with van der Waals surface area (Å²) in [6.45, 7) is 2.48. The van der Waals surface area contributed by atoms with Crippen molar-refractivity contribution in [3.63, 3.8) is 0 Å². The Hall–Kier alpha value is -1.38. The minimum absolute atomic E-state index is 0.120. The molecule has 2 fully saturated rings. The number of rotatable bonds is 6. The van der Waals surface area contributed by atoms with Gasteiger partial charge in [0.15, 0.2) is 5.13 Å². The molecule has 6 nitrogen and oxygen atoms in total. The van der Waals surface area contributed by atoms with E-state index in [2.05, 4.69) is 11.0 Å². The second kappa shape index (κ2) is 6.98. The molecule has 2 aliphatic rings. The van der Waals surface area contributed by atoms with Gasteiger partial charge in [0.05, 0.1) is 17.1 Å². The minimum atomic E-state index is -3.06. The first-order valence-electron chi connectivity index (χ1n) is 9.12. The Morgan fingerprint density at radius 3 is 2.65 bits per heavy atom. The maximum absolute atomic E-state index is 12.3. The fourth-order valence-electron chi connectivity index (χ4n) is 3.61. The Morgan fingerprint density at radius 1 is 1.27 bits per heavy atom. The molecule has 1 aromatic heterocycles. The third-order valence-electron chi connectivity index (χ3n) is 5.37. The van der Waals surface area contributed by atoms with Gasteiger partial charge >= 0.3 is 0 Å². The van der Waals surface area contributed by atoms with E-state index in [1.807, 2.05) is 12.1 Å². The highest BCUT2D eigenvalue weighted by molar-refractivity contribution is 7.90. The van der Waals surface area contributed by atoms with E-state index in [1.165, 1.54) is 0 Å². The molecule has 2 aromatic rings. The van der Waals surface area contributed by atoms with Crippen molar-refractivity contribution in [1.29, 1.82) is 0 Å². The highest BCUT2D eigenvalue weighted by Crippen LogP contribution is 2.36. The van der Waals surface area contributed by atoms with Gasteiger partial charge in [-0.3, -0.25) is 0 Å². The topological polar surface area (TPSA) is 62.7 Å². The molecule has 1 aromatic carbocycles. The zero-order valence-corrected chi connectivity index (χ0v) is 16.9. The fourth-order valence-corrected chi connectivity index (χ4v) is 6.30. The van der Waals surface area contributed by atoms with Crippen LogP contribution in [-0.2, 0) is 10.0 Å². The zero-order valence-electron chi connectivity index (χ0n) is 15.2. The summed E-state index contributed by atoms with van der Waals surface area (Å²) < 4.78 is 32.7. The molecular weight excluding hydrogens is 370 g/mol. The number of anilines is 1. The van der Waals surface area contributed by atoms with Crippen molar-refractivity contribution >= 4 is 36.7 Å². The molecule has 1 saturated carbocycles. The summed E-state index contributed by atoms with van der Waals surface area (Å²) in [5.74, 6) is 1.24. The van der Waals surface area contributed by atoms with Crippen LogP contribution >= 0.6 is 11.3 Å². The average Bonchev–Trinajstić information content (AvgIpc) is 3.41. The minimum Gasteiger partial charge on any atom is -0.494 e. The summed E-state index contributed by atoms with van der Waals surface area (Å²) in [6.07, 6.45) is 3.65. The third-order valence-corrected chi connectivity index (χ3v) is 8.78. The van der Waals surface area contributed by atoms with Gasteiger partial charge in [0, 0.05) is 26.7 Å². The molecule has 0 bridgehead atoms. The summed E-state index contributed by atoms with van der Waals surface area (Å²) in [4.78, 5) is 7.09. The SMILES string of the molecule is COc1cccc2sc(N3CCC(CN(C)S(=O)(=O)C4CC4)CC3)nc12. The van der Waals surface area contributed by atoms with Gasteiger partial charge in [-0.1, -0.05) is 17.4 Å². The van der Waals surface area contributed by atoms with Crippen LogP contribution in [0.25, 0.3) is 10.2 Å². The van der Waals surface area contributed by atoms with Crippen molar-refractivity contribution in [3.8, 4) is 5.75 Å². The largest absolute Gasteiger partial charge is 0.494 e. The van der Waals surface area contributed by atoms with Crippen LogP contribution < -0.4 is 9.64 Å². The quantitative estimate of drug-likeness (QED) is 0.752. The lowest BCUT2D eigenvalue weighted by Gasteiger charge is -2.33. The Bertz CT molecular complexity index is 884. The molecule has 1 aliphatic heterocycles. The van der Waals surface area contributed by atoms with Gasteiger partial charge in [-0.2, -0.15) is 0 Å². The first-order chi connectivity index (χ1) is 12.5. The van der Waals surface area contributed by atoms with Gasteiger partial charge < -0.3 is 9.64 Å². The van der Waals surface area contributed by atoms with Crippen molar-refractivity contribution in [2.24, 2.45) is 5.92 Å². The molecule has 0 unspecified atom stereocenters. The summed E-state index contributed by atoms with van der Waals surface area (Å²) >= 11 is 1.69. The highest BCUT2D eigenvalue weighted by Gasteiger charge is 2.39. The third kappa shape index (κ3) is 3.42. The number of hydrogen-bond acceptors (Lipinski definition) is 6. The highest BCUT2D eigenvalue weighted by atomic mass is 32.2. The number of sulfonamides is 1. The number of fused-ring (bicyclic) bond motifs is 1. The Balaban J connectivity index is 1.39. The van der Waals surface area contributed by atoms with Crippen LogP contribution in [0.5, 0.6) is 5.75 Å². The van der Waals surface area contributed by atoms with E-state index in [9.17, 15) is 8.42 Å². The smallest absolute Gasteiger partial charge is 0.216 e. The monoisotopic (exact) mass is 395 g/mol. The molecule has 0 amide bonds. The fraction of sp³-hybridized carbons (Fsp3) is 0.611. The summed E-state index contributed by atoms with van der Waals surface area (Å²) in [5.41, 5.74) is 0.924. The van der Waals surface area contributed by atoms with Crippen LogP contribution in [-0.4, -0.2) is 56.7 Å². The molecule has 2 heterocycles. The van der Waals surface area contributed by atoms with Crippen LogP contribution in [0, 0.1) is 5.92 Å². The second-order valence-electron chi connectivity index (χ2n) is 7.26. The lowest BCUT2D eigenvalue weighted by Crippen LogP contribution is -2.40. The number of nitrogens with zero attached hydrogens (tertiary/aromatic N) is 3. The number of aromatic nitrogens is 1. The van der Waals surface area contributed by atoms with E-state index in [-0.39, 0.29) is 5.25 Å². The van der Waals surface area contributed by atoms with Crippen molar-refractivity contribution < 1.29 is 13.2 Å². The molecule has 4 rings (SSSR count). The van der Waals surface area contributed by atoms with Gasteiger partial charge in [0.2, 0.25) is 10.0 Å². The number of benzene rings is 1. The molecule has 0 atom stereocenters. The lowest BCUT2D eigenvalue weighted by atomic mass is 9.97. The number of piperidine rings is 1. The summed E-state index contributed by atoms with van der Waals surface area (Å²) in [5, 5.41) is 0.909. The van der Waals surface area contributed by atoms with Gasteiger partial charge in [-0.25, -0.2) is 17.7 Å². The van der Waals surface area contributed by atoms with Crippen LogP contribution in [0.15, 0.2) is 18.2 Å². The maximum Gasteiger partial charge on any atom is 0.216 e. The molecule has 0 spiro atoms. The average molecular weight is 396 g/mol. The molecule has 142 valence electrons. The van der Waals surface area contributed by atoms with Gasteiger partial charge in [0.1, 0.15) is 11.3 Å². The maximum atomic E-state index is 12.3. The van der Waals surface area contributed by atoms with Crippen molar-refractivity contribution in [3.05, 3.63) is 18.2 Å². The van der Waals surface area contributed by atoms with E-state index in [4.69, 9.17) is 9.72 Å². The Labute approximate surface area is 158 Å². The van der Waals surface area contributed by atoms with Gasteiger partial charge in [0.25, 0.3) is 0 Å². The predicted molar refractivity (Wildman–Crippen MR) is 106 cm³/mol. The van der Waals surface area contributed by atoms with E-state index >= 15 is 0 Å². The molecule has 1 saturated heterocycles. The zero-order chi connectivity index (χ0) is 18.3. The molecule has 26 heavy (non-hydrogen) atoms. The number of ether oxygens (including phenoxy) is 1. The summed E-state index contributed by atoms with van der Waals surface area (Å²) in [6, 6.07) is 6.00. The van der Waals surface area contributed by atoms with Crippen LogP contribution in [0.1, 0.15) is 25.7 Å². The van der Waals surface area contributed by atoms with Crippen LogP contribution in [0.4, 0.5) is 5.13 Å². The molecule has 0 N–H and O–H groups in total. The first kappa shape index (κ1) is 18.0. The van der Waals surface area contributed by atoms with Gasteiger partial charge in [-0.05, 0) is 43.7 Å². The number of hydrogen-bond donors (Lipinski definition) is 0. The van der Waals surface area contributed by atoms with Crippen LogP contribution in [0.2, 0.25) is 0 Å². The number of para-hydroxylation sites is 1.